The summed E-state index contributed by atoms with van der Waals surface area (Å²) in [6, 6.07) is 5.43. The molecule has 0 aliphatic rings. The normalized spacial score (nSPS) is 9.88. The van der Waals surface area contributed by atoms with Crippen molar-refractivity contribution in [2.75, 3.05) is 13.7 Å². The molecule has 0 aromatic heterocycles. The molecule has 0 saturated heterocycles. The number of carboxylic acids is 1. The summed E-state index contributed by atoms with van der Waals surface area (Å²) in [4.78, 5) is 10.5. The molecule has 0 spiro atoms. The first-order valence-corrected chi connectivity index (χ1v) is 5.19. The fourth-order valence-corrected chi connectivity index (χ4v) is 1.45. The molecule has 88 valence electrons. The molecule has 1 aromatic carbocycles. The van der Waals surface area contributed by atoms with Crippen LogP contribution < -0.4 is 9.47 Å². The van der Waals surface area contributed by atoms with Gasteiger partial charge in [-0.1, -0.05) is 0 Å². The van der Waals surface area contributed by atoms with E-state index in [2.05, 4.69) is 0 Å². The van der Waals surface area contributed by atoms with Crippen molar-refractivity contribution in [1.82, 2.24) is 0 Å². The Morgan fingerprint density at radius 2 is 2.19 bits per heavy atom. The molecule has 0 bridgehead atoms. The number of aryl methyl sites for hydroxylation is 1. The van der Waals surface area contributed by atoms with Crippen molar-refractivity contribution in [2.45, 2.75) is 19.8 Å². The summed E-state index contributed by atoms with van der Waals surface area (Å²) < 4.78 is 10.5. The third-order valence-electron chi connectivity index (χ3n) is 2.17. The largest absolute Gasteiger partial charge is 0.496 e. The van der Waals surface area contributed by atoms with Crippen LogP contribution in [0.15, 0.2) is 18.2 Å². The summed E-state index contributed by atoms with van der Waals surface area (Å²) in [7, 11) is 1.57. The van der Waals surface area contributed by atoms with Gasteiger partial charge in [-0.2, -0.15) is 0 Å². The number of hydrogen-bond acceptors (Lipinski definition) is 3. The predicted molar refractivity (Wildman–Crippen MR) is 60.1 cm³/mol. The zero-order valence-electron chi connectivity index (χ0n) is 9.53. The van der Waals surface area contributed by atoms with E-state index in [0.717, 1.165) is 11.3 Å². The first kappa shape index (κ1) is 12.4. The molecule has 0 unspecified atom stereocenters. The molecule has 0 aliphatic carbocycles. The average Bonchev–Trinajstić information content (AvgIpc) is 2.27. The van der Waals surface area contributed by atoms with Crippen LogP contribution in [-0.4, -0.2) is 24.8 Å². The first-order chi connectivity index (χ1) is 7.67. The van der Waals surface area contributed by atoms with Gasteiger partial charge in [0.15, 0.2) is 0 Å². The second-order valence-corrected chi connectivity index (χ2v) is 3.30. The second-order valence-electron chi connectivity index (χ2n) is 3.30. The summed E-state index contributed by atoms with van der Waals surface area (Å²) in [5.41, 5.74) is 0.857. The lowest BCUT2D eigenvalue weighted by molar-refractivity contribution is -0.136. The lowest BCUT2D eigenvalue weighted by Crippen LogP contribution is -2.00. The topological polar surface area (TPSA) is 55.8 Å². The molecule has 4 heteroatoms. The molecular formula is C12H16O4. The van der Waals surface area contributed by atoms with E-state index in [1.54, 1.807) is 13.2 Å². The number of carbonyl (C=O) groups is 1. The van der Waals surface area contributed by atoms with Gasteiger partial charge in [-0.25, -0.2) is 0 Å². The molecule has 1 rings (SSSR count). The number of hydrogen-bond donors (Lipinski definition) is 1. The Balaban J connectivity index is 2.83. The predicted octanol–water partition coefficient (Wildman–Crippen LogP) is 2.11. The first-order valence-electron chi connectivity index (χ1n) is 5.19. The van der Waals surface area contributed by atoms with Crippen LogP contribution in [0.25, 0.3) is 0 Å². The van der Waals surface area contributed by atoms with Crippen LogP contribution in [0.3, 0.4) is 0 Å². The van der Waals surface area contributed by atoms with Gasteiger partial charge >= 0.3 is 5.97 Å². The molecule has 1 aromatic rings. The van der Waals surface area contributed by atoms with Gasteiger partial charge in [0.2, 0.25) is 0 Å². The fraction of sp³-hybridized carbons (Fsp3) is 0.417. The summed E-state index contributed by atoms with van der Waals surface area (Å²) in [6.45, 7) is 2.49. The Morgan fingerprint density at radius 1 is 1.44 bits per heavy atom. The maximum Gasteiger partial charge on any atom is 0.303 e. The molecule has 0 atom stereocenters. The van der Waals surface area contributed by atoms with Gasteiger partial charge in [0.1, 0.15) is 11.5 Å². The van der Waals surface area contributed by atoms with E-state index in [1.807, 2.05) is 19.1 Å². The van der Waals surface area contributed by atoms with Crippen molar-refractivity contribution in [1.29, 1.82) is 0 Å². The highest BCUT2D eigenvalue weighted by Crippen LogP contribution is 2.25. The van der Waals surface area contributed by atoms with Crippen LogP contribution in [0.5, 0.6) is 11.5 Å². The Kier molecular flexibility index (Phi) is 4.64. The molecule has 0 fully saturated rings. The summed E-state index contributed by atoms with van der Waals surface area (Å²) in [6.07, 6.45) is 0.533. The van der Waals surface area contributed by atoms with E-state index < -0.39 is 5.97 Å². The molecule has 0 aliphatic heterocycles. The van der Waals surface area contributed by atoms with Crippen molar-refractivity contribution in [3.8, 4) is 11.5 Å². The summed E-state index contributed by atoms with van der Waals surface area (Å²) in [5, 5.41) is 8.64. The van der Waals surface area contributed by atoms with Crippen LogP contribution in [0, 0.1) is 0 Å². The van der Waals surface area contributed by atoms with Gasteiger partial charge in [0.25, 0.3) is 0 Å². The molecule has 0 amide bonds. The Labute approximate surface area is 94.8 Å². The van der Waals surface area contributed by atoms with Crippen LogP contribution in [0.2, 0.25) is 0 Å². The number of ether oxygens (including phenoxy) is 2. The zero-order valence-corrected chi connectivity index (χ0v) is 9.53. The van der Waals surface area contributed by atoms with E-state index in [0.29, 0.717) is 18.8 Å². The average molecular weight is 224 g/mol. The minimum Gasteiger partial charge on any atom is -0.496 e. The van der Waals surface area contributed by atoms with Crippen molar-refractivity contribution >= 4 is 5.97 Å². The quantitative estimate of drug-likeness (QED) is 0.804. The van der Waals surface area contributed by atoms with E-state index in [4.69, 9.17) is 14.6 Å². The highest BCUT2D eigenvalue weighted by molar-refractivity contribution is 5.67. The fourth-order valence-electron chi connectivity index (χ4n) is 1.45. The Morgan fingerprint density at radius 3 is 2.75 bits per heavy atom. The standard InChI is InChI=1S/C12H16O4/c1-3-16-10-5-6-11(15-2)9(8-10)4-7-12(13)14/h5-6,8H,3-4,7H2,1-2H3,(H,13,14). The molecule has 0 saturated carbocycles. The molecular weight excluding hydrogens is 208 g/mol. The van der Waals surface area contributed by atoms with Gasteiger partial charge < -0.3 is 14.6 Å². The van der Waals surface area contributed by atoms with E-state index >= 15 is 0 Å². The van der Waals surface area contributed by atoms with Crippen LogP contribution in [0.1, 0.15) is 18.9 Å². The second kappa shape index (κ2) is 6.00. The smallest absolute Gasteiger partial charge is 0.303 e. The lowest BCUT2D eigenvalue weighted by atomic mass is 10.1. The Bertz CT molecular complexity index is 360. The highest BCUT2D eigenvalue weighted by Gasteiger charge is 2.07. The molecule has 16 heavy (non-hydrogen) atoms. The highest BCUT2D eigenvalue weighted by atomic mass is 16.5. The van der Waals surface area contributed by atoms with E-state index in [-0.39, 0.29) is 6.42 Å². The van der Waals surface area contributed by atoms with E-state index in [9.17, 15) is 4.79 Å². The van der Waals surface area contributed by atoms with Gasteiger partial charge in [0.05, 0.1) is 13.7 Å². The van der Waals surface area contributed by atoms with Gasteiger partial charge in [0, 0.05) is 6.42 Å². The number of rotatable bonds is 6. The van der Waals surface area contributed by atoms with Gasteiger partial charge in [-0.15, -0.1) is 0 Å². The maximum atomic E-state index is 10.5. The van der Waals surface area contributed by atoms with Crippen molar-refractivity contribution in [3.63, 3.8) is 0 Å². The van der Waals surface area contributed by atoms with Crippen molar-refractivity contribution in [3.05, 3.63) is 23.8 Å². The van der Waals surface area contributed by atoms with Gasteiger partial charge in [-0.05, 0) is 37.1 Å². The Hall–Kier alpha value is -1.71. The number of aliphatic carboxylic acids is 1. The molecule has 4 nitrogen and oxygen atoms in total. The van der Waals surface area contributed by atoms with Crippen molar-refractivity contribution in [2.24, 2.45) is 0 Å². The van der Waals surface area contributed by atoms with Crippen molar-refractivity contribution < 1.29 is 19.4 Å². The maximum absolute atomic E-state index is 10.5. The van der Waals surface area contributed by atoms with Crippen LogP contribution in [0.4, 0.5) is 0 Å². The molecule has 1 N–H and O–H groups in total. The number of carboxylic acid groups (broad SMARTS) is 1. The van der Waals surface area contributed by atoms with Crippen LogP contribution in [-0.2, 0) is 11.2 Å². The third-order valence-corrected chi connectivity index (χ3v) is 2.17. The zero-order chi connectivity index (χ0) is 12.0. The minimum absolute atomic E-state index is 0.0892. The lowest BCUT2D eigenvalue weighted by Gasteiger charge is -2.10. The SMILES string of the molecule is CCOc1ccc(OC)c(CCC(=O)O)c1. The minimum atomic E-state index is -0.816. The number of benzene rings is 1. The summed E-state index contributed by atoms with van der Waals surface area (Å²) >= 11 is 0. The summed E-state index contributed by atoms with van der Waals surface area (Å²) in [5.74, 6) is 0.622. The third kappa shape index (κ3) is 3.46. The number of methoxy groups -OCH3 is 1. The molecule has 0 radical (unpaired) electrons. The van der Waals surface area contributed by atoms with Crippen LogP contribution >= 0.6 is 0 Å². The van der Waals surface area contributed by atoms with E-state index in [1.165, 1.54) is 0 Å². The van der Waals surface area contributed by atoms with Gasteiger partial charge in [-0.3, -0.25) is 4.79 Å². The molecule has 0 heterocycles. The monoisotopic (exact) mass is 224 g/mol.